The minimum Gasteiger partial charge on any atom is -0.472 e. The fraction of sp³-hybridized carbons (Fsp3) is 0.375. The molecule has 1 N–H and O–H groups in total. The molecule has 0 aliphatic heterocycles. The Morgan fingerprint density at radius 2 is 2.19 bits per heavy atom. The van der Waals surface area contributed by atoms with Gasteiger partial charge in [-0.3, -0.25) is 0 Å². The van der Waals surface area contributed by atoms with E-state index < -0.39 is 0 Å². The van der Waals surface area contributed by atoms with Crippen LogP contribution in [0.2, 0.25) is 5.02 Å². The van der Waals surface area contributed by atoms with E-state index in [1.807, 2.05) is 25.2 Å². The molecule has 1 unspecified atom stereocenters. The Kier molecular flexibility index (Phi) is 6.30. The summed E-state index contributed by atoms with van der Waals surface area (Å²) in [5, 5.41) is 4.14. The molecule has 0 aliphatic rings. The summed E-state index contributed by atoms with van der Waals surface area (Å²) in [6.45, 7) is 1.87. The maximum Gasteiger partial charge on any atom is 0.0947 e. The van der Waals surface area contributed by atoms with Gasteiger partial charge in [-0.15, -0.1) is 0 Å². The molecule has 2 rings (SSSR count). The molecule has 0 fully saturated rings. The number of hydrogen-bond donors (Lipinski definition) is 1. The molecule has 2 aromatic rings. The van der Waals surface area contributed by atoms with Crippen molar-refractivity contribution in [3.63, 3.8) is 0 Å². The number of nitrogens with zero attached hydrogens (tertiary/aromatic N) is 1. The number of halogens is 2. The molecule has 0 bridgehead atoms. The molecule has 0 saturated heterocycles. The first-order valence-electron chi connectivity index (χ1n) is 6.92. The van der Waals surface area contributed by atoms with Gasteiger partial charge in [-0.05, 0) is 50.8 Å². The van der Waals surface area contributed by atoms with Gasteiger partial charge in [0.25, 0.3) is 0 Å². The van der Waals surface area contributed by atoms with Crippen LogP contribution < -0.4 is 5.32 Å². The molecule has 0 radical (unpaired) electrons. The molecular formula is C16H20BrClN2O. The Morgan fingerprint density at radius 1 is 1.38 bits per heavy atom. The molecule has 1 aromatic heterocycles. The van der Waals surface area contributed by atoms with E-state index in [1.165, 1.54) is 5.56 Å². The lowest BCUT2D eigenvalue weighted by atomic mass is 10.0. The third-order valence-corrected chi connectivity index (χ3v) is 4.34. The second kappa shape index (κ2) is 7.99. The van der Waals surface area contributed by atoms with Crippen LogP contribution in [0, 0.1) is 0 Å². The summed E-state index contributed by atoms with van der Waals surface area (Å²) in [5.74, 6) is 0. The highest BCUT2D eigenvalue weighted by Gasteiger charge is 2.14. The standard InChI is InChI=1S/C16H20BrClN2O/c1-19-16(14-4-3-13(17)9-15(14)18)5-7-20(2)10-12-6-8-21-11-12/h3-4,6,8-9,11,16,19H,5,7,10H2,1-2H3. The van der Waals surface area contributed by atoms with Crippen LogP contribution >= 0.6 is 27.5 Å². The largest absolute Gasteiger partial charge is 0.472 e. The molecular weight excluding hydrogens is 352 g/mol. The van der Waals surface area contributed by atoms with Crippen molar-refractivity contribution in [2.75, 3.05) is 20.6 Å². The summed E-state index contributed by atoms with van der Waals surface area (Å²) in [7, 11) is 4.09. The van der Waals surface area contributed by atoms with E-state index in [0.29, 0.717) is 0 Å². The Labute approximate surface area is 139 Å². The van der Waals surface area contributed by atoms with Gasteiger partial charge < -0.3 is 14.6 Å². The van der Waals surface area contributed by atoms with Crippen molar-refractivity contribution >= 4 is 27.5 Å². The van der Waals surface area contributed by atoms with Crippen molar-refractivity contribution in [2.45, 2.75) is 19.0 Å². The minimum absolute atomic E-state index is 0.248. The topological polar surface area (TPSA) is 28.4 Å². The van der Waals surface area contributed by atoms with Gasteiger partial charge in [0, 0.05) is 27.6 Å². The molecule has 0 aliphatic carbocycles. The van der Waals surface area contributed by atoms with Gasteiger partial charge in [0.2, 0.25) is 0 Å². The van der Waals surface area contributed by atoms with Crippen LogP contribution in [0.25, 0.3) is 0 Å². The van der Waals surface area contributed by atoms with Gasteiger partial charge >= 0.3 is 0 Å². The quantitative estimate of drug-likeness (QED) is 0.778. The lowest BCUT2D eigenvalue weighted by molar-refractivity contribution is 0.303. The van der Waals surface area contributed by atoms with Crippen LogP contribution in [0.4, 0.5) is 0 Å². The van der Waals surface area contributed by atoms with Gasteiger partial charge in [-0.25, -0.2) is 0 Å². The van der Waals surface area contributed by atoms with E-state index in [-0.39, 0.29) is 6.04 Å². The lowest BCUT2D eigenvalue weighted by Gasteiger charge is -2.22. The van der Waals surface area contributed by atoms with Gasteiger partial charge in [0.05, 0.1) is 12.5 Å². The highest BCUT2D eigenvalue weighted by molar-refractivity contribution is 9.10. The molecule has 1 aromatic carbocycles. The van der Waals surface area contributed by atoms with Gasteiger partial charge in [-0.1, -0.05) is 33.6 Å². The maximum atomic E-state index is 6.34. The maximum absolute atomic E-state index is 6.34. The van der Waals surface area contributed by atoms with E-state index in [1.54, 1.807) is 12.5 Å². The summed E-state index contributed by atoms with van der Waals surface area (Å²) in [6.07, 6.45) is 4.49. The minimum atomic E-state index is 0.248. The van der Waals surface area contributed by atoms with E-state index >= 15 is 0 Å². The van der Waals surface area contributed by atoms with Crippen LogP contribution in [0.3, 0.4) is 0 Å². The summed E-state index contributed by atoms with van der Waals surface area (Å²) < 4.78 is 6.10. The molecule has 1 heterocycles. The number of nitrogens with one attached hydrogen (secondary N) is 1. The zero-order valence-electron chi connectivity index (χ0n) is 12.3. The van der Waals surface area contributed by atoms with Crippen LogP contribution in [0.5, 0.6) is 0 Å². The summed E-state index contributed by atoms with van der Waals surface area (Å²) >= 11 is 9.78. The van der Waals surface area contributed by atoms with Gasteiger partial charge in [0.1, 0.15) is 0 Å². The lowest BCUT2D eigenvalue weighted by Crippen LogP contribution is -2.25. The van der Waals surface area contributed by atoms with E-state index in [0.717, 1.165) is 34.6 Å². The van der Waals surface area contributed by atoms with Crippen molar-refractivity contribution in [1.29, 1.82) is 0 Å². The molecule has 5 heteroatoms. The summed E-state index contributed by atoms with van der Waals surface area (Å²) in [4.78, 5) is 2.28. The Hall–Kier alpha value is -0.810. The predicted octanol–water partition coefficient (Wildman–Crippen LogP) is 4.48. The fourth-order valence-corrected chi connectivity index (χ4v) is 3.17. The first-order valence-corrected chi connectivity index (χ1v) is 8.09. The third kappa shape index (κ3) is 4.85. The summed E-state index contributed by atoms with van der Waals surface area (Å²) in [5.41, 5.74) is 2.33. The van der Waals surface area contributed by atoms with E-state index in [9.17, 15) is 0 Å². The molecule has 3 nitrogen and oxygen atoms in total. The zero-order valence-corrected chi connectivity index (χ0v) is 14.6. The second-order valence-electron chi connectivity index (χ2n) is 5.17. The molecule has 1 atom stereocenters. The normalized spacial score (nSPS) is 12.8. The van der Waals surface area contributed by atoms with E-state index in [2.05, 4.69) is 39.3 Å². The summed E-state index contributed by atoms with van der Waals surface area (Å²) in [6, 6.07) is 8.29. The Morgan fingerprint density at radius 3 is 2.81 bits per heavy atom. The first kappa shape index (κ1) is 16.6. The molecule has 21 heavy (non-hydrogen) atoms. The zero-order chi connectivity index (χ0) is 15.2. The first-order chi connectivity index (χ1) is 10.1. The van der Waals surface area contributed by atoms with Crippen molar-refractivity contribution in [3.8, 4) is 0 Å². The number of benzene rings is 1. The third-order valence-electron chi connectivity index (χ3n) is 3.52. The van der Waals surface area contributed by atoms with Crippen LogP contribution in [-0.2, 0) is 6.54 Å². The number of rotatable bonds is 7. The van der Waals surface area contributed by atoms with Crippen LogP contribution in [-0.4, -0.2) is 25.5 Å². The van der Waals surface area contributed by atoms with Crippen molar-refractivity contribution in [2.24, 2.45) is 0 Å². The molecule has 0 amide bonds. The average molecular weight is 372 g/mol. The number of hydrogen-bond acceptors (Lipinski definition) is 3. The van der Waals surface area contributed by atoms with Crippen molar-refractivity contribution in [1.82, 2.24) is 10.2 Å². The van der Waals surface area contributed by atoms with Crippen molar-refractivity contribution < 1.29 is 4.42 Å². The monoisotopic (exact) mass is 370 g/mol. The van der Waals surface area contributed by atoms with Crippen LogP contribution in [0.15, 0.2) is 45.7 Å². The Bertz CT molecular complexity index is 559. The van der Waals surface area contributed by atoms with Crippen molar-refractivity contribution in [3.05, 3.63) is 57.4 Å². The molecule has 0 spiro atoms. The SMILES string of the molecule is CNC(CCN(C)Cc1ccoc1)c1ccc(Br)cc1Cl. The number of furan rings is 1. The van der Waals surface area contributed by atoms with Crippen LogP contribution in [0.1, 0.15) is 23.6 Å². The Balaban J connectivity index is 1.93. The highest BCUT2D eigenvalue weighted by atomic mass is 79.9. The fourth-order valence-electron chi connectivity index (χ4n) is 2.36. The smallest absolute Gasteiger partial charge is 0.0947 e. The van der Waals surface area contributed by atoms with Gasteiger partial charge in [-0.2, -0.15) is 0 Å². The van der Waals surface area contributed by atoms with Gasteiger partial charge in [0.15, 0.2) is 0 Å². The molecule has 114 valence electrons. The molecule has 0 saturated carbocycles. The average Bonchev–Trinajstić information content (AvgIpc) is 2.94. The predicted molar refractivity (Wildman–Crippen MR) is 90.6 cm³/mol. The second-order valence-corrected chi connectivity index (χ2v) is 6.49. The van der Waals surface area contributed by atoms with E-state index in [4.69, 9.17) is 16.0 Å². The highest BCUT2D eigenvalue weighted by Crippen LogP contribution is 2.28.